The molecular weight excluding hydrogens is 344 g/mol. The number of likely N-dealkylation sites (tertiary alicyclic amines) is 1. The van der Waals surface area contributed by atoms with Crippen molar-refractivity contribution in [3.05, 3.63) is 52.2 Å². The maximum absolute atomic E-state index is 6.03. The summed E-state index contributed by atoms with van der Waals surface area (Å²) in [6, 6.07) is 12.9. The molecule has 0 amide bonds. The van der Waals surface area contributed by atoms with Crippen LogP contribution >= 0.6 is 11.3 Å². The Labute approximate surface area is 160 Å². The van der Waals surface area contributed by atoms with Gasteiger partial charge in [-0.2, -0.15) is 0 Å². The molecule has 1 aromatic carbocycles. The Hall–Kier alpha value is -1.40. The molecule has 0 bridgehead atoms. The van der Waals surface area contributed by atoms with Gasteiger partial charge in [0.15, 0.2) is 0 Å². The van der Waals surface area contributed by atoms with Crippen LogP contribution in [0.25, 0.3) is 0 Å². The quantitative estimate of drug-likeness (QED) is 0.802. The Morgan fingerprint density at radius 1 is 1.08 bits per heavy atom. The number of methoxy groups -OCH3 is 1. The van der Waals surface area contributed by atoms with Crippen LogP contribution in [0.15, 0.2) is 41.8 Å². The van der Waals surface area contributed by atoms with E-state index in [2.05, 4.69) is 51.6 Å². The first-order valence-corrected chi connectivity index (χ1v) is 10.3. The van der Waals surface area contributed by atoms with E-state index in [1.54, 1.807) is 7.11 Å². The van der Waals surface area contributed by atoms with E-state index in [9.17, 15) is 0 Å². The van der Waals surface area contributed by atoms with Crippen molar-refractivity contribution in [2.45, 2.75) is 19.5 Å². The lowest BCUT2D eigenvalue weighted by Crippen LogP contribution is -2.40. The Morgan fingerprint density at radius 3 is 2.62 bits per heavy atom. The summed E-state index contributed by atoms with van der Waals surface area (Å²) in [6.45, 7) is 8.26. The molecule has 4 nitrogen and oxygen atoms in total. The van der Waals surface area contributed by atoms with Gasteiger partial charge in [0.05, 0.1) is 20.3 Å². The van der Waals surface area contributed by atoms with Crippen molar-refractivity contribution in [2.24, 2.45) is 5.41 Å². The zero-order valence-electron chi connectivity index (χ0n) is 15.5. The third-order valence-electron chi connectivity index (χ3n) is 5.56. The summed E-state index contributed by atoms with van der Waals surface area (Å²) in [5, 5.41) is 2.17. The molecule has 2 aliphatic heterocycles. The topological polar surface area (TPSA) is 24.9 Å². The first-order chi connectivity index (χ1) is 12.7. The van der Waals surface area contributed by atoms with Gasteiger partial charge in [-0.05, 0) is 42.1 Å². The highest BCUT2D eigenvalue weighted by Crippen LogP contribution is 2.35. The standard InChI is InChI=1S/C21H28N2O2S/c1-24-19-6-4-18(5-7-19)13-23-10-11-25-17-21(16-23)8-9-22(15-21)14-20-3-2-12-26-20/h2-7,12H,8-11,13-17H2,1H3. The Balaban J connectivity index is 1.39. The van der Waals surface area contributed by atoms with Gasteiger partial charge in [0.25, 0.3) is 0 Å². The number of hydrogen-bond acceptors (Lipinski definition) is 5. The van der Waals surface area contributed by atoms with Crippen molar-refractivity contribution in [3.8, 4) is 5.75 Å². The van der Waals surface area contributed by atoms with Crippen LogP contribution in [0.3, 0.4) is 0 Å². The second-order valence-corrected chi connectivity index (χ2v) is 8.68. The monoisotopic (exact) mass is 372 g/mol. The van der Waals surface area contributed by atoms with E-state index in [0.717, 1.165) is 51.7 Å². The fourth-order valence-electron chi connectivity index (χ4n) is 4.24. The van der Waals surface area contributed by atoms with Crippen LogP contribution in [0, 0.1) is 5.41 Å². The molecule has 1 spiro atoms. The molecule has 2 aromatic rings. The predicted octanol–water partition coefficient (Wildman–Crippen LogP) is 3.48. The van der Waals surface area contributed by atoms with Crippen molar-refractivity contribution in [1.29, 1.82) is 0 Å². The van der Waals surface area contributed by atoms with Crippen molar-refractivity contribution in [3.63, 3.8) is 0 Å². The second kappa shape index (κ2) is 8.09. The zero-order valence-corrected chi connectivity index (χ0v) is 16.3. The third kappa shape index (κ3) is 4.29. The molecule has 3 heterocycles. The minimum absolute atomic E-state index is 0.278. The molecule has 2 fully saturated rings. The van der Waals surface area contributed by atoms with Crippen LogP contribution < -0.4 is 4.74 Å². The lowest BCUT2D eigenvalue weighted by Gasteiger charge is -2.32. The molecular formula is C21H28N2O2S. The number of thiophene rings is 1. The van der Waals surface area contributed by atoms with Crippen molar-refractivity contribution in [2.75, 3.05) is 46.5 Å². The van der Waals surface area contributed by atoms with Gasteiger partial charge in [0.1, 0.15) is 5.75 Å². The summed E-state index contributed by atoms with van der Waals surface area (Å²) in [5.41, 5.74) is 1.62. The Morgan fingerprint density at radius 2 is 1.88 bits per heavy atom. The van der Waals surface area contributed by atoms with Crippen LogP contribution in [0.4, 0.5) is 0 Å². The van der Waals surface area contributed by atoms with E-state index < -0.39 is 0 Å². The molecule has 140 valence electrons. The average molecular weight is 373 g/mol. The number of hydrogen-bond donors (Lipinski definition) is 0. The largest absolute Gasteiger partial charge is 0.497 e. The molecule has 0 N–H and O–H groups in total. The maximum atomic E-state index is 6.03. The van der Waals surface area contributed by atoms with Gasteiger partial charge in [0, 0.05) is 43.0 Å². The Bertz CT molecular complexity index is 689. The molecule has 2 aliphatic rings. The molecule has 0 aliphatic carbocycles. The Kier molecular flexibility index (Phi) is 5.60. The minimum Gasteiger partial charge on any atom is -0.497 e. The molecule has 2 saturated heterocycles. The van der Waals surface area contributed by atoms with Gasteiger partial charge in [-0.1, -0.05) is 18.2 Å². The number of ether oxygens (including phenoxy) is 2. The van der Waals surface area contributed by atoms with Gasteiger partial charge in [0.2, 0.25) is 0 Å². The SMILES string of the molecule is COc1ccc(CN2CCOCC3(CCN(Cc4cccs4)C3)C2)cc1. The summed E-state index contributed by atoms with van der Waals surface area (Å²) in [7, 11) is 1.72. The summed E-state index contributed by atoms with van der Waals surface area (Å²) in [6.07, 6.45) is 1.23. The molecule has 5 heteroatoms. The van der Waals surface area contributed by atoms with Gasteiger partial charge in [-0.25, -0.2) is 0 Å². The molecule has 1 atom stereocenters. The smallest absolute Gasteiger partial charge is 0.118 e. The highest BCUT2D eigenvalue weighted by atomic mass is 32.1. The lowest BCUT2D eigenvalue weighted by molar-refractivity contribution is 0.0707. The van der Waals surface area contributed by atoms with Crippen LogP contribution in [0.2, 0.25) is 0 Å². The average Bonchev–Trinajstić information content (AvgIpc) is 3.25. The summed E-state index contributed by atoms with van der Waals surface area (Å²) in [5.74, 6) is 0.921. The summed E-state index contributed by atoms with van der Waals surface area (Å²) in [4.78, 5) is 6.64. The highest BCUT2D eigenvalue weighted by molar-refractivity contribution is 7.09. The van der Waals surface area contributed by atoms with Gasteiger partial charge < -0.3 is 9.47 Å². The fraction of sp³-hybridized carbons (Fsp3) is 0.524. The second-order valence-electron chi connectivity index (χ2n) is 7.65. The van der Waals surface area contributed by atoms with E-state index in [1.165, 1.54) is 23.4 Å². The first-order valence-electron chi connectivity index (χ1n) is 9.42. The van der Waals surface area contributed by atoms with E-state index in [-0.39, 0.29) is 5.41 Å². The van der Waals surface area contributed by atoms with Crippen molar-refractivity contribution in [1.82, 2.24) is 9.80 Å². The van der Waals surface area contributed by atoms with Gasteiger partial charge >= 0.3 is 0 Å². The maximum Gasteiger partial charge on any atom is 0.118 e. The van der Waals surface area contributed by atoms with Crippen LogP contribution in [-0.2, 0) is 17.8 Å². The van der Waals surface area contributed by atoms with E-state index >= 15 is 0 Å². The van der Waals surface area contributed by atoms with E-state index in [4.69, 9.17) is 9.47 Å². The predicted molar refractivity (Wildman–Crippen MR) is 106 cm³/mol. The molecule has 1 aromatic heterocycles. The molecule has 1 unspecified atom stereocenters. The third-order valence-corrected chi connectivity index (χ3v) is 6.42. The van der Waals surface area contributed by atoms with Crippen LogP contribution in [0.5, 0.6) is 5.75 Å². The van der Waals surface area contributed by atoms with Crippen LogP contribution in [-0.4, -0.2) is 56.3 Å². The molecule has 0 radical (unpaired) electrons. The molecule has 26 heavy (non-hydrogen) atoms. The summed E-state index contributed by atoms with van der Waals surface area (Å²) < 4.78 is 11.3. The fourth-order valence-corrected chi connectivity index (χ4v) is 4.98. The summed E-state index contributed by atoms with van der Waals surface area (Å²) >= 11 is 1.86. The minimum atomic E-state index is 0.278. The first kappa shape index (κ1) is 18.0. The van der Waals surface area contributed by atoms with Crippen molar-refractivity contribution < 1.29 is 9.47 Å². The number of rotatable bonds is 5. The van der Waals surface area contributed by atoms with Crippen molar-refractivity contribution >= 4 is 11.3 Å². The normalized spacial score (nSPS) is 24.8. The van der Waals surface area contributed by atoms with Crippen LogP contribution in [0.1, 0.15) is 16.9 Å². The zero-order chi connectivity index (χ0) is 17.8. The molecule has 0 saturated carbocycles. The van der Waals surface area contributed by atoms with E-state index in [0.29, 0.717) is 0 Å². The number of nitrogens with zero attached hydrogens (tertiary/aromatic N) is 2. The number of benzene rings is 1. The lowest BCUT2D eigenvalue weighted by atomic mass is 9.87. The van der Waals surface area contributed by atoms with Gasteiger partial charge in [-0.15, -0.1) is 11.3 Å². The van der Waals surface area contributed by atoms with Gasteiger partial charge in [-0.3, -0.25) is 9.80 Å². The van der Waals surface area contributed by atoms with E-state index in [1.807, 2.05) is 11.3 Å². The highest BCUT2D eigenvalue weighted by Gasteiger charge is 2.41. The molecule has 4 rings (SSSR count).